The van der Waals surface area contributed by atoms with Gasteiger partial charge < -0.3 is 10.1 Å². The van der Waals surface area contributed by atoms with Gasteiger partial charge in [-0.25, -0.2) is 9.48 Å². The molecule has 0 spiro atoms. The molecule has 0 saturated carbocycles. The lowest BCUT2D eigenvalue weighted by Crippen LogP contribution is -2.23. The maximum atomic E-state index is 13.0. The van der Waals surface area contributed by atoms with Gasteiger partial charge in [0.05, 0.1) is 23.9 Å². The second-order valence-corrected chi connectivity index (χ2v) is 6.91. The summed E-state index contributed by atoms with van der Waals surface area (Å²) in [6, 6.07) is 26.2. The van der Waals surface area contributed by atoms with Crippen molar-refractivity contribution in [3.05, 3.63) is 108 Å². The number of benzene rings is 3. The third-order valence-electron chi connectivity index (χ3n) is 4.85. The van der Waals surface area contributed by atoms with Crippen molar-refractivity contribution in [1.29, 1.82) is 0 Å². The highest BCUT2D eigenvalue weighted by molar-refractivity contribution is 6.00. The first-order valence-electron chi connectivity index (χ1n) is 9.81. The molecule has 1 amide bonds. The van der Waals surface area contributed by atoms with Crippen molar-refractivity contribution < 1.29 is 14.3 Å². The number of aromatic nitrogens is 2. The molecule has 0 bridgehead atoms. The number of nitrogens with one attached hydrogen (secondary N) is 1. The molecule has 0 atom stereocenters. The van der Waals surface area contributed by atoms with E-state index in [1.807, 2.05) is 60.7 Å². The molecule has 0 aliphatic carbocycles. The number of hydrogen-bond acceptors (Lipinski definition) is 4. The fourth-order valence-corrected chi connectivity index (χ4v) is 3.22. The molecule has 6 nitrogen and oxygen atoms in total. The summed E-state index contributed by atoms with van der Waals surface area (Å²) in [6.45, 7) is 0.324. The summed E-state index contributed by atoms with van der Waals surface area (Å²) >= 11 is 0. The minimum absolute atomic E-state index is 0.224. The summed E-state index contributed by atoms with van der Waals surface area (Å²) < 4.78 is 6.42. The van der Waals surface area contributed by atoms with Gasteiger partial charge in [-0.3, -0.25) is 4.79 Å². The van der Waals surface area contributed by atoms with E-state index in [4.69, 9.17) is 4.74 Å². The lowest BCUT2D eigenvalue weighted by molar-refractivity contribution is 0.0600. The van der Waals surface area contributed by atoms with Crippen LogP contribution in [0.3, 0.4) is 0 Å². The van der Waals surface area contributed by atoms with Crippen molar-refractivity contribution >= 4 is 11.9 Å². The van der Waals surface area contributed by atoms with E-state index in [1.165, 1.54) is 7.11 Å². The van der Waals surface area contributed by atoms with Gasteiger partial charge in [-0.2, -0.15) is 5.10 Å². The standard InChI is InChI=1S/C25H21N3O3/c1-31-25(30)20-14-12-18(13-15-20)16-26-24(29)22-17-28(21-10-6-3-7-11-21)27-23(22)19-8-4-2-5-9-19/h2-15,17H,16H2,1H3,(H,26,29). The molecule has 0 aliphatic rings. The van der Waals surface area contributed by atoms with Crippen LogP contribution in [0, 0.1) is 0 Å². The van der Waals surface area contributed by atoms with E-state index in [2.05, 4.69) is 10.4 Å². The van der Waals surface area contributed by atoms with Crippen LogP contribution in [0.25, 0.3) is 16.9 Å². The molecule has 0 fully saturated rings. The summed E-state index contributed by atoms with van der Waals surface area (Å²) in [7, 11) is 1.34. The Balaban J connectivity index is 1.58. The molecular weight excluding hydrogens is 390 g/mol. The molecule has 31 heavy (non-hydrogen) atoms. The Bertz CT molecular complexity index is 1180. The summed E-state index contributed by atoms with van der Waals surface area (Å²) in [5.74, 6) is -0.616. The molecule has 4 rings (SSSR count). The van der Waals surface area contributed by atoms with Gasteiger partial charge in [-0.05, 0) is 29.8 Å². The third kappa shape index (κ3) is 4.53. The van der Waals surface area contributed by atoms with E-state index >= 15 is 0 Å². The molecular formula is C25H21N3O3. The number of methoxy groups -OCH3 is 1. The van der Waals surface area contributed by atoms with Gasteiger partial charge in [0.15, 0.2) is 0 Å². The number of esters is 1. The average molecular weight is 411 g/mol. The van der Waals surface area contributed by atoms with Crippen molar-refractivity contribution in [2.24, 2.45) is 0 Å². The monoisotopic (exact) mass is 411 g/mol. The van der Waals surface area contributed by atoms with Crippen LogP contribution in [-0.2, 0) is 11.3 Å². The van der Waals surface area contributed by atoms with Gasteiger partial charge >= 0.3 is 5.97 Å². The molecule has 6 heteroatoms. The van der Waals surface area contributed by atoms with Crippen LogP contribution >= 0.6 is 0 Å². The van der Waals surface area contributed by atoms with Gasteiger partial charge in [-0.1, -0.05) is 60.7 Å². The highest BCUT2D eigenvalue weighted by Crippen LogP contribution is 2.23. The van der Waals surface area contributed by atoms with Crippen LogP contribution in [0.15, 0.2) is 91.1 Å². The Kier molecular flexibility index (Phi) is 5.89. The fourth-order valence-electron chi connectivity index (χ4n) is 3.22. The van der Waals surface area contributed by atoms with Crippen LogP contribution in [0.1, 0.15) is 26.3 Å². The topological polar surface area (TPSA) is 73.2 Å². The lowest BCUT2D eigenvalue weighted by atomic mass is 10.1. The molecule has 1 heterocycles. The molecule has 1 aromatic heterocycles. The predicted molar refractivity (Wildman–Crippen MR) is 118 cm³/mol. The van der Waals surface area contributed by atoms with E-state index < -0.39 is 5.97 Å². The highest BCUT2D eigenvalue weighted by atomic mass is 16.5. The Morgan fingerprint density at radius 3 is 2.19 bits per heavy atom. The first kappa shape index (κ1) is 20.1. The fraction of sp³-hybridized carbons (Fsp3) is 0.0800. The average Bonchev–Trinajstić information content (AvgIpc) is 3.29. The number of ether oxygens (including phenoxy) is 1. The zero-order valence-corrected chi connectivity index (χ0v) is 17.0. The largest absolute Gasteiger partial charge is 0.465 e. The summed E-state index contributed by atoms with van der Waals surface area (Å²) in [6.07, 6.45) is 1.74. The van der Waals surface area contributed by atoms with Crippen LogP contribution in [0.2, 0.25) is 0 Å². The normalized spacial score (nSPS) is 10.5. The Morgan fingerprint density at radius 2 is 1.55 bits per heavy atom. The van der Waals surface area contributed by atoms with E-state index in [-0.39, 0.29) is 5.91 Å². The lowest BCUT2D eigenvalue weighted by Gasteiger charge is -2.06. The van der Waals surface area contributed by atoms with E-state index in [1.54, 1.807) is 35.1 Å². The van der Waals surface area contributed by atoms with Gasteiger partial charge in [0.2, 0.25) is 0 Å². The van der Waals surface area contributed by atoms with Gasteiger partial charge in [-0.15, -0.1) is 0 Å². The zero-order valence-electron chi connectivity index (χ0n) is 17.0. The van der Waals surface area contributed by atoms with Crippen molar-refractivity contribution in [2.45, 2.75) is 6.54 Å². The molecule has 0 saturated heterocycles. The number of rotatable bonds is 6. The van der Waals surface area contributed by atoms with Gasteiger partial charge in [0, 0.05) is 18.3 Å². The molecule has 4 aromatic rings. The number of amides is 1. The van der Waals surface area contributed by atoms with Crippen molar-refractivity contribution in [1.82, 2.24) is 15.1 Å². The molecule has 1 N–H and O–H groups in total. The number of carbonyl (C=O) groups is 2. The van der Waals surface area contributed by atoms with Crippen LogP contribution in [-0.4, -0.2) is 28.8 Å². The summed E-state index contributed by atoms with van der Waals surface area (Å²) in [5.41, 5.74) is 4.18. The van der Waals surface area contributed by atoms with E-state index in [0.717, 1.165) is 16.8 Å². The van der Waals surface area contributed by atoms with Gasteiger partial charge in [0.1, 0.15) is 5.69 Å². The Hall–Kier alpha value is -4.19. The SMILES string of the molecule is COC(=O)c1ccc(CNC(=O)c2cn(-c3ccccc3)nc2-c2ccccc2)cc1. The molecule has 0 unspecified atom stereocenters. The van der Waals surface area contributed by atoms with E-state index in [0.29, 0.717) is 23.4 Å². The van der Waals surface area contributed by atoms with Crippen molar-refractivity contribution in [3.63, 3.8) is 0 Å². The number of para-hydroxylation sites is 1. The first-order valence-corrected chi connectivity index (χ1v) is 9.81. The maximum Gasteiger partial charge on any atom is 0.337 e. The van der Waals surface area contributed by atoms with Gasteiger partial charge in [0.25, 0.3) is 5.91 Å². The van der Waals surface area contributed by atoms with Crippen molar-refractivity contribution in [2.75, 3.05) is 7.11 Å². The third-order valence-corrected chi connectivity index (χ3v) is 4.85. The molecule has 154 valence electrons. The van der Waals surface area contributed by atoms with Crippen LogP contribution < -0.4 is 5.32 Å². The quantitative estimate of drug-likeness (QED) is 0.481. The van der Waals surface area contributed by atoms with Crippen molar-refractivity contribution in [3.8, 4) is 16.9 Å². The molecule has 0 radical (unpaired) electrons. The first-order chi connectivity index (χ1) is 15.2. The second-order valence-electron chi connectivity index (χ2n) is 6.91. The minimum Gasteiger partial charge on any atom is -0.465 e. The highest BCUT2D eigenvalue weighted by Gasteiger charge is 2.18. The van der Waals surface area contributed by atoms with Crippen LogP contribution in [0.5, 0.6) is 0 Å². The molecule has 3 aromatic carbocycles. The van der Waals surface area contributed by atoms with E-state index in [9.17, 15) is 9.59 Å². The summed E-state index contributed by atoms with van der Waals surface area (Å²) in [5, 5.41) is 7.62. The number of nitrogens with zero attached hydrogens (tertiary/aromatic N) is 2. The summed E-state index contributed by atoms with van der Waals surface area (Å²) in [4.78, 5) is 24.6. The molecule has 0 aliphatic heterocycles. The predicted octanol–water partition coefficient (Wildman–Crippen LogP) is 4.26. The smallest absolute Gasteiger partial charge is 0.337 e. The number of carbonyl (C=O) groups excluding carboxylic acids is 2. The minimum atomic E-state index is -0.392. The van der Waals surface area contributed by atoms with Crippen LogP contribution in [0.4, 0.5) is 0 Å². The maximum absolute atomic E-state index is 13.0. The second kappa shape index (κ2) is 9.09. The zero-order chi connectivity index (χ0) is 21.6. The Morgan fingerprint density at radius 1 is 0.903 bits per heavy atom. The Labute approximate surface area is 180 Å². The number of hydrogen-bond donors (Lipinski definition) is 1.